The number of hydrogen-bond acceptors (Lipinski definition) is 4. The molecule has 0 saturated carbocycles. The van der Waals surface area contributed by atoms with Crippen LogP contribution in [0.3, 0.4) is 0 Å². The predicted octanol–water partition coefficient (Wildman–Crippen LogP) is 3.61. The van der Waals surface area contributed by atoms with E-state index in [1.807, 2.05) is 18.2 Å². The molecule has 2 aromatic carbocycles. The van der Waals surface area contributed by atoms with Crippen LogP contribution < -0.4 is 9.96 Å². The lowest BCUT2D eigenvalue weighted by Crippen LogP contribution is -2.07. The molecule has 0 bridgehead atoms. The van der Waals surface area contributed by atoms with Crippen LogP contribution in [-0.2, 0) is 0 Å². The monoisotopic (exact) mass is 310 g/mol. The molecule has 0 radical (unpaired) electrons. The van der Waals surface area contributed by atoms with E-state index in [4.69, 9.17) is 16.3 Å². The average molecular weight is 311 g/mol. The lowest BCUT2D eigenvalue weighted by molar-refractivity contribution is 0.419. The molecule has 4 nitrogen and oxygen atoms in total. The van der Waals surface area contributed by atoms with E-state index in [-0.39, 0.29) is 0 Å². The van der Waals surface area contributed by atoms with E-state index in [1.165, 1.54) is 0 Å². The van der Waals surface area contributed by atoms with Gasteiger partial charge in [0.05, 0.1) is 29.9 Å². The molecule has 0 unspecified atom stereocenters. The van der Waals surface area contributed by atoms with Gasteiger partial charge >= 0.3 is 0 Å². The highest BCUT2D eigenvalue weighted by Gasteiger charge is 2.14. The van der Waals surface area contributed by atoms with Crippen molar-refractivity contribution in [3.8, 4) is 5.75 Å². The molecule has 0 aliphatic carbocycles. The lowest BCUT2D eigenvalue weighted by atomic mass is 10.0. The maximum absolute atomic E-state index is 9.56. The molecule has 4 rings (SSSR count). The molecular formula is C17H11ClN2O2. The van der Waals surface area contributed by atoms with Crippen molar-refractivity contribution in [1.82, 2.24) is 9.97 Å². The van der Waals surface area contributed by atoms with Gasteiger partial charge in [-0.05, 0) is 30.3 Å². The third-order valence-corrected chi connectivity index (χ3v) is 4.05. The van der Waals surface area contributed by atoms with E-state index in [9.17, 15) is 5.11 Å². The van der Waals surface area contributed by atoms with Gasteiger partial charge in [0.2, 0.25) is 0 Å². The van der Waals surface area contributed by atoms with Crippen LogP contribution >= 0.6 is 11.6 Å². The van der Waals surface area contributed by atoms with Crippen molar-refractivity contribution in [2.75, 3.05) is 7.11 Å². The topological polar surface area (TPSA) is 55.2 Å². The number of nitrogens with zero attached hydrogens (tertiary/aromatic N) is 2. The van der Waals surface area contributed by atoms with Crippen LogP contribution in [0.2, 0.25) is 5.02 Å². The van der Waals surface area contributed by atoms with E-state index in [1.54, 1.807) is 25.4 Å². The molecule has 2 aromatic heterocycles. The van der Waals surface area contributed by atoms with Gasteiger partial charge in [-0.2, -0.15) is 0 Å². The van der Waals surface area contributed by atoms with E-state index in [0.29, 0.717) is 21.5 Å². The zero-order valence-electron chi connectivity index (χ0n) is 11.7. The first-order valence-electron chi connectivity index (χ1n) is 6.71. The molecule has 0 aliphatic heterocycles. The standard InChI is InChI=1S/C17H11ClN2O2/c1-22-14-6-9(8-21)16-15-12(14)4-5-19-17(15)11-3-2-10(18)7-13(11)20-16/h2-8,21H,1H3/b9-8-. The number of pyridine rings is 2. The fraction of sp³-hybridized carbons (Fsp3) is 0.0588. The minimum absolute atomic E-state index is 0.587. The minimum atomic E-state index is 0.587. The number of aliphatic hydroxyl groups is 1. The van der Waals surface area contributed by atoms with Crippen LogP contribution in [0.4, 0.5) is 0 Å². The maximum atomic E-state index is 9.56. The van der Waals surface area contributed by atoms with Crippen LogP contribution in [0.15, 0.2) is 36.5 Å². The van der Waals surface area contributed by atoms with Gasteiger partial charge in [-0.15, -0.1) is 0 Å². The summed E-state index contributed by atoms with van der Waals surface area (Å²) in [6.45, 7) is 0. The van der Waals surface area contributed by atoms with Crippen molar-refractivity contribution in [2.45, 2.75) is 0 Å². The van der Waals surface area contributed by atoms with Crippen molar-refractivity contribution in [2.24, 2.45) is 0 Å². The summed E-state index contributed by atoms with van der Waals surface area (Å²) in [5.41, 5.74) is 2.24. The third-order valence-electron chi connectivity index (χ3n) is 3.82. The van der Waals surface area contributed by atoms with Gasteiger partial charge in [0.1, 0.15) is 5.75 Å². The summed E-state index contributed by atoms with van der Waals surface area (Å²) in [7, 11) is 1.60. The van der Waals surface area contributed by atoms with Gasteiger partial charge < -0.3 is 9.84 Å². The molecule has 0 saturated heterocycles. The summed E-state index contributed by atoms with van der Waals surface area (Å²) in [6, 6.07) is 9.18. The number of ether oxygens (including phenoxy) is 1. The van der Waals surface area contributed by atoms with E-state index < -0.39 is 0 Å². The Balaban J connectivity index is 2.39. The Morgan fingerprint density at radius 3 is 2.77 bits per heavy atom. The first kappa shape index (κ1) is 13.1. The number of methoxy groups -OCH3 is 1. The van der Waals surface area contributed by atoms with Gasteiger partial charge in [-0.3, -0.25) is 4.98 Å². The first-order chi connectivity index (χ1) is 10.7. The second-order valence-corrected chi connectivity index (χ2v) is 5.44. The predicted molar refractivity (Wildman–Crippen MR) is 88.4 cm³/mol. The van der Waals surface area contributed by atoms with Gasteiger partial charge in [-0.25, -0.2) is 4.98 Å². The first-order valence-corrected chi connectivity index (χ1v) is 7.09. The summed E-state index contributed by atoms with van der Waals surface area (Å²) < 4.78 is 5.43. The molecule has 108 valence electrons. The van der Waals surface area contributed by atoms with Crippen molar-refractivity contribution in [3.05, 3.63) is 46.8 Å². The average Bonchev–Trinajstić information content (AvgIpc) is 2.55. The Labute approximate surface area is 130 Å². The minimum Gasteiger partial charge on any atom is -0.515 e. The highest BCUT2D eigenvalue weighted by Crippen LogP contribution is 2.33. The number of fused-ring (bicyclic) bond motifs is 2. The van der Waals surface area contributed by atoms with Crippen LogP contribution in [0, 0.1) is 0 Å². The van der Waals surface area contributed by atoms with Gasteiger partial charge in [0.15, 0.2) is 0 Å². The van der Waals surface area contributed by atoms with Crippen LogP contribution in [0.1, 0.15) is 0 Å². The molecule has 0 fully saturated rings. The second kappa shape index (κ2) is 4.71. The molecule has 0 atom stereocenters. The van der Waals surface area contributed by atoms with Crippen molar-refractivity contribution < 1.29 is 9.84 Å². The summed E-state index contributed by atoms with van der Waals surface area (Å²) in [5.74, 6) is 0.676. The summed E-state index contributed by atoms with van der Waals surface area (Å²) >= 11 is 6.07. The number of rotatable bonds is 1. The fourth-order valence-corrected chi connectivity index (χ4v) is 3.01. The van der Waals surface area contributed by atoms with Gasteiger partial charge in [0.25, 0.3) is 0 Å². The van der Waals surface area contributed by atoms with Crippen LogP contribution in [0.5, 0.6) is 5.75 Å². The zero-order chi connectivity index (χ0) is 15.3. The van der Waals surface area contributed by atoms with E-state index in [2.05, 4.69) is 9.97 Å². The molecule has 2 heterocycles. The highest BCUT2D eigenvalue weighted by molar-refractivity contribution is 6.31. The molecule has 4 aromatic rings. The second-order valence-electron chi connectivity index (χ2n) is 5.00. The van der Waals surface area contributed by atoms with Crippen LogP contribution in [-0.4, -0.2) is 22.2 Å². The molecule has 22 heavy (non-hydrogen) atoms. The van der Waals surface area contributed by atoms with Crippen molar-refractivity contribution in [1.29, 1.82) is 0 Å². The maximum Gasteiger partial charge on any atom is 0.127 e. The summed E-state index contributed by atoms with van der Waals surface area (Å²) in [6.07, 6.45) is 2.78. The van der Waals surface area contributed by atoms with E-state index >= 15 is 0 Å². The lowest BCUT2D eigenvalue weighted by Gasteiger charge is -2.11. The third kappa shape index (κ3) is 1.71. The molecule has 5 heteroatoms. The van der Waals surface area contributed by atoms with Crippen LogP contribution in [0.25, 0.3) is 39.0 Å². The zero-order valence-corrected chi connectivity index (χ0v) is 12.4. The quantitative estimate of drug-likeness (QED) is 0.431. The Bertz CT molecular complexity index is 1090. The molecular weight excluding hydrogens is 300 g/mol. The fourth-order valence-electron chi connectivity index (χ4n) is 2.85. The van der Waals surface area contributed by atoms with Gasteiger partial charge in [0, 0.05) is 32.6 Å². The highest BCUT2D eigenvalue weighted by atomic mass is 35.5. The van der Waals surface area contributed by atoms with Crippen molar-refractivity contribution >= 4 is 50.6 Å². The Morgan fingerprint density at radius 2 is 2.00 bits per heavy atom. The largest absolute Gasteiger partial charge is 0.515 e. The number of benzene rings is 2. The number of aromatic nitrogens is 2. The molecule has 0 amide bonds. The van der Waals surface area contributed by atoms with Crippen molar-refractivity contribution in [3.63, 3.8) is 0 Å². The van der Waals surface area contributed by atoms with E-state index in [0.717, 1.165) is 33.5 Å². The normalized spacial score (nSPS) is 12.5. The summed E-state index contributed by atoms with van der Waals surface area (Å²) in [4.78, 5) is 9.17. The number of halogens is 1. The SMILES string of the molecule is COc1c/c(=C/O)c2nc3cc(Cl)ccc3c3nccc1c23. The molecule has 1 N–H and O–H groups in total. The Hall–Kier alpha value is -2.59. The molecule has 0 aliphatic rings. The summed E-state index contributed by atoms with van der Waals surface area (Å²) in [5, 5.41) is 13.5. The molecule has 0 spiro atoms. The Morgan fingerprint density at radius 1 is 1.14 bits per heavy atom. The smallest absolute Gasteiger partial charge is 0.127 e. The number of hydrogen-bond donors (Lipinski definition) is 1. The Kier molecular flexibility index (Phi) is 2.81. The van der Waals surface area contributed by atoms with Gasteiger partial charge in [-0.1, -0.05) is 11.6 Å². The number of aliphatic hydroxyl groups excluding tert-OH is 1.